The summed E-state index contributed by atoms with van der Waals surface area (Å²) in [5, 5.41) is 3.55. The Balaban J connectivity index is 2.11. The largest absolute Gasteiger partial charge is 0.396 e. The van der Waals surface area contributed by atoms with Crippen LogP contribution in [0, 0.1) is 5.41 Å². The van der Waals surface area contributed by atoms with Crippen molar-refractivity contribution in [1.82, 2.24) is 5.32 Å². The minimum Gasteiger partial charge on any atom is -0.396 e. The molecule has 1 amide bonds. The van der Waals surface area contributed by atoms with Gasteiger partial charge in [0, 0.05) is 24.1 Å². The molecule has 0 aromatic heterocycles. The summed E-state index contributed by atoms with van der Waals surface area (Å²) >= 11 is 11.9. The lowest BCUT2D eigenvalue weighted by Crippen LogP contribution is -2.61. The predicted octanol–water partition coefficient (Wildman–Crippen LogP) is 3.12. The molecule has 2 atom stereocenters. The minimum atomic E-state index is -0.207. The number of benzene rings is 1. The molecule has 1 aromatic rings. The van der Waals surface area contributed by atoms with Gasteiger partial charge in [-0.3, -0.25) is 4.79 Å². The van der Waals surface area contributed by atoms with Crippen molar-refractivity contribution in [2.24, 2.45) is 5.41 Å². The molecule has 0 saturated heterocycles. The molecule has 1 aliphatic rings. The molecule has 1 aromatic carbocycles. The van der Waals surface area contributed by atoms with E-state index in [2.05, 4.69) is 19.2 Å². The lowest BCUT2D eigenvalue weighted by Gasteiger charge is -2.51. The number of nitrogens with two attached hydrogens (primary N) is 1. The molecular weight excluding hydrogens is 299 g/mol. The second kappa shape index (κ2) is 5.43. The Bertz CT molecular complexity index is 523. The van der Waals surface area contributed by atoms with E-state index in [4.69, 9.17) is 33.7 Å². The lowest BCUT2D eigenvalue weighted by molar-refractivity contribution is -0.0942. The van der Waals surface area contributed by atoms with Crippen molar-refractivity contribution in [3.8, 4) is 0 Å². The maximum atomic E-state index is 12.2. The molecule has 1 fully saturated rings. The molecule has 0 spiro atoms. The van der Waals surface area contributed by atoms with Crippen LogP contribution in [0.5, 0.6) is 0 Å². The number of nitrogen functional groups attached to an aromatic ring is 1. The molecule has 110 valence electrons. The molecule has 0 bridgehead atoms. The third kappa shape index (κ3) is 2.60. The van der Waals surface area contributed by atoms with E-state index in [0.717, 1.165) is 6.42 Å². The SMILES string of the molecule is COC1CC(NC(=O)c2cc(Cl)c(N)c(Cl)c2)C1(C)C. The second-order valence-electron chi connectivity index (χ2n) is 5.66. The summed E-state index contributed by atoms with van der Waals surface area (Å²) in [7, 11) is 1.68. The Labute approximate surface area is 128 Å². The third-order valence-electron chi connectivity index (χ3n) is 4.11. The number of hydrogen-bond donors (Lipinski definition) is 2. The summed E-state index contributed by atoms with van der Waals surface area (Å²) < 4.78 is 5.36. The summed E-state index contributed by atoms with van der Waals surface area (Å²) in [4.78, 5) is 12.2. The summed E-state index contributed by atoms with van der Waals surface area (Å²) in [6, 6.07) is 3.12. The van der Waals surface area contributed by atoms with Crippen LogP contribution in [0.25, 0.3) is 0 Å². The number of carbonyl (C=O) groups excluding carboxylic acids is 1. The Kier molecular flexibility index (Phi) is 4.19. The molecular formula is C14H18Cl2N2O2. The molecule has 0 aliphatic heterocycles. The fraction of sp³-hybridized carbons (Fsp3) is 0.500. The van der Waals surface area contributed by atoms with Crippen LogP contribution < -0.4 is 11.1 Å². The number of methoxy groups -OCH3 is 1. The van der Waals surface area contributed by atoms with Gasteiger partial charge in [-0.1, -0.05) is 37.0 Å². The average Bonchev–Trinajstić information content (AvgIpc) is 2.39. The van der Waals surface area contributed by atoms with E-state index in [1.165, 1.54) is 12.1 Å². The zero-order chi connectivity index (χ0) is 15.1. The molecule has 2 rings (SSSR count). The highest BCUT2D eigenvalue weighted by atomic mass is 35.5. The molecule has 3 N–H and O–H groups in total. The molecule has 0 heterocycles. The van der Waals surface area contributed by atoms with E-state index >= 15 is 0 Å². The highest BCUT2D eigenvalue weighted by molar-refractivity contribution is 6.39. The van der Waals surface area contributed by atoms with E-state index in [0.29, 0.717) is 5.56 Å². The zero-order valence-electron chi connectivity index (χ0n) is 11.7. The van der Waals surface area contributed by atoms with Crippen molar-refractivity contribution in [2.75, 3.05) is 12.8 Å². The van der Waals surface area contributed by atoms with Crippen molar-refractivity contribution >= 4 is 34.8 Å². The second-order valence-corrected chi connectivity index (χ2v) is 6.48. The normalized spacial score (nSPS) is 24.1. The third-order valence-corrected chi connectivity index (χ3v) is 4.73. The van der Waals surface area contributed by atoms with Crippen LogP contribution in [0.2, 0.25) is 10.0 Å². The van der Waals surface area contributed by atoms with Gasteiger partial charge < -0.3 is 15.8 Å². The summed E-state index contributed by atoms with van der Waals surface area (Å²) in [6.07, 6.45) is 0.956. The molecule has 1 aliphatic carbocycles. The predicted molar refractivity (Wildman–Crippen MR) is 81.3 cm³/mol. The zero-order valence-corrected chi connectivity index (χ0v) is 13.2. The summed E-state index contributed by atoms with van der Waals surface area (Å²) in [6.45, 7) is 4.14. The number of rotatable bonds is 3. The first-order chi connectivity index (χ1) is 9.27. The van der Waals surface area contributed by atoms with Crippen LogP contribution in [0.1, 0.15) is 30.6 Å². The van der Waals surface area contributed by atoms with Gasteiger partial charge in [0.2, 0.25) is 0 Å². The van der Waals surface area contributed by atoms with Crippen LogP contribution in [0.15, 0.2) is 12.1 Å². The van der Waals surface area contributed by atoms with Crippen molar-refractivity contribution in [2.45, 2.75) is 32.4 Å². The molecule has 1 saturated carbocycles. The number of hydrogen-bond acceptors (Lipinski definition) is 3. The Hall–Kier alpha value is -0.970. The summed E-state index contributed by atoms with van der Waals surface area (Å²) in [5.41, 5.74) is 6.26. The molecule has 4 nitrogen and oxygen atoms in total. The van der Waals surface area contributed by atoms with Crippen molar-refractivity contribution in [3.63, 3.8) is 0 Å². The Morgan fingerprint density at radius 2 is 1.95 bits per heavy atom. The van der Waals surface area contributed by atoms with Gasteiger partial charge in [-0.25, -0.2) is 0 Å². The Morgan fingerprint density at radius 3 is 2.40 bits per heavy atom. The maximum absolute atomic E-state index is 12.2. The number of halogens is 2. The number of ether oxygens (including phenoxy) is 1. The van der Waals surface area contributed by atoms with E-state index < -0.39 is 0 Å². The van der Waals surface area contributed by atoms with Gasteiger partial charge in [-0.2, -0.15) is 0 Å². The van der Waals surface area contributed by atoms with Gasteiger partial charge in [0.05, 0.1) is 21.8 Å². The van der Waals surface area contributed by atoms with Gasteiger partial charge in [0.1, 0.15) is 0 Å². The minimum absolute atomic E-state index is 0.0649. The van der Waals surface area contributed by atoms with Gasteiger partial charge in [-0.15, -0.1) is 0 Å². The quantitative estimate of drug-likeness (QED) is 0.842. The highest BCUT2D eigenvalue weighted by Crippen LogP contribution is 2.42. The molecule has 20 heavy (non-hydrogen) atoms. The van der Waals surface area contributed by atoms with Gasteiger partial charge in [0.15, 0.2) is 0 Å². The van der Waals surface area contributed by atoms with Crippen LogP contribution in [0.3, 0.4) is 0 Å². The fourth-order valence-corrected chi connectivity index (χ4v) is 2.97. The lowest BCUT2D eigenvalue weighted by atomic mass is 9.64. The van der Waals surface area contributed by atoms with E-state index in [1.54, 1.807) is 7.11 Å². The Morgan fingerprint density at radius 1 is 1.40 bits per heavy atom. The van der Waals surface area contributed by atoms with E-state index in [-0.39, 0.29) is 39.2 Å². The smallest absolute Gasteiger partial charge is 0.251 e. The first kappa shape index (κ1) is 15.4. The standard InChI is InChI=1S/C14H18Cl2N2O2/c1-14(2)10(6-11(14)20-3)18-13(19)7-4-8(15)12(17)9(16)5-7/h4-5,10-11H,6,17H2,1-3H3,(H,18,19). The van der Waals surface area contributed by atoms with Crippen molar-refractivity contribution in [3.05, 3.63) is 27.7 Å². The van der Waals surface area contributed by atoms with Gasteiger partial charge in [-0.05, 0) is 18.6 Å². The van der Waals surface area contributed by atoms with Crippen LogP contribution in [0.4, 0.5) is 5.69 Å². The monoisotopic (exact) mass is 316 g/mol. The first-order valence-corrected chi connectivity index (χ1v) is 7.11. The van der Waals surface area contributed by atoms with Gasteiger partial charge >= 0.3 is 0 Å². The van der Waals surface area contributed by atoms with Crippen molar-refractivity contribution in [1.29, 1.82) is 0 Å². The molecule has 2 unspecified atom stereocenters. The van der Waals surface area contributed by atoms with Crippen LogP contribution in [-0.2, 0) is 4.74 Å². The topological polar surface area (TPSA) is 64.3 Å². The first-order valence-electron chi connectivity index (χ1n) is 6.35. The number of nitrogens with one attached hydrogen (secondary N) is 1. The highest BCUT2D eigenvalue weighted by Gasteiger charge is 2.49. The van der Waals surface area contributed by atoms with Crippen molar-refractivity contribution < 1.29 is 9.53 Å². The van der Waals surface area contributed by atoms with Crippen LogP contribution >= 0.6 is 23.2 Å². The molecule has 0 radical (unpaired) electrons. The fourth-order valence-electron chi connectivity index (χ4n) is 2.49. The van der Waals surface area contributed by atoms with E-state index in [1.807, 2.05) is 0 Å². The number of anilines is 1. The van der Waals surface area contributed by atoms with E-state index in [9.17, 15) is 4.79 Å². The van der Waals surface area contributed by atoms with Gasteiger partial charge in [0.25, 0.3) is 5.91 Å². The summed E-state index contributed by atoms with van der Waals surface area (Å²) in [5.74, 6) is -0.207. The molecule has 6 heteroatoms. The van der Waals surface area contributed by atoms with Crippen LogP contribution in [-0.4, -0.2) is 25.2 Å². The average molecular weight is 317 g/mol. The maximum Gasteiger partial charge on any atom is 0.251 e. The number of carbonyl (C=O) groups is 1. The number of amides is 1.